The molecule has 0 bridgehead atoms. The smallest absolute Gasteiger partial charge is 0.283 e. The Balaban J connectivity index is 1.48. The topological polar surface area (TPSA) is 78.5 Å². The molecule has 0 saturated carbocycles. The van der Waals surface area contributed by atoms with E-state index in [1.54, 1.807) is 36.4 Å². The van der Waals surface area contributed by atoms with E-state index in [0.29, 0.717) is 27.0 Å². The van der Waals surface area contributed by atoms with Crippen molar-refractivity contribution in [3.63, 3.8) is 0 Å². The first-order valence-electron chi connectivity index (χ1n) is 9.53. The third-order valence-electron chi connectivity index (χ3n) is 4.78. The Morgan fingerprint density at radius 2 is 1.26 bits per heavy atom. The first kappa shape index (κ1) is 24.4. The van der Waals surface area contributed by atoms with Crippen molar-refractivity contribution in [2.45, 2.75) is 0 Å². The van der Waals surface area contributed by atoms with Gasteiger partial charge in [-0.1, -0.05) is 58.0 Å². The van der Waals surface area contributed by atoms with Gasteiger partial charge in [-0.2, -0.15) is 0 Å². The average molecular weight is 556 g/mol. The van der Waals surface area contributed by atoms with Crippen LogP contribution in [0.1, 0.15) is 10.4 Å². The summed E-state index contributed by atoms with van der Waals surface area (Å²) in [7, 11) is 0. The van der Waals surface area contributed by atoms with Crippen LogP contribution in [0.4, 0.5) is 17.1 Å². The third-order valence-corrected chi connectivity index (χ3v) is 6.61. The lowest BCUT2D eigenvalue weighted by molar-refractivity contribution is -0.120. The number of rotatable bonds is 5. The fraction of sp³-hybridized carbons (Fsp3) is 0. The van der Waals surface area contributed by atoms with E-state index in [1.165, 1.54) is 24.3 Å². The number of nitrogens with zero attached hydrogens (tertiary/aromatic N) is 1. The molecule has 34 heavy (non-hydrogen) atoms. The van der Waals surface area contributed by atoms with E-state index >= 15 is 0 Å². The molecular weight excluding hydrogens is 544 g/mol. The largest absolute Gasteiger partial charge is 0.350 e. The molecule has 172 valence electrons. The summed E-state index contributed by atoms with van der Waals surface area (Å²) < 4.78 is 0. The highest BCUT2D eigenvalue weighted by molar-refractivity contribution is 6.53. The molecule has 0 spiro atoms. The Kier molecular flexibility index (Phi) is 7.07. The molecule has 3 aromatic carbocycles. The van der Waals surface area contributed by atoms with Gasteiger partial charge in [0.25, 0.3) is 17.7 Å². The van der Waals surface area contributed by atoms with Crippen LogP contribution in [0.25, 0.3) is 0 Å². The first-order valence-corrected chi connectivity index (χ1v) is 11.4. The molecule has 0 unspecified atom stereocenters. The van der Waals surface area contributed by atoms with Crippen LogP contribution >= 0.6 is 58.0 Å². The van der Waals surface area contributed by atoms with Crippen molar-refractivity contribution in [2.24, 2.45) is 0 Å². The molecule has 11 heteroatoms. The Morgan fingerprint density at radius 3 is 1.88 bits per heavy atom. The van der Waals surface area contributed by atoms with E-state index in [2.05, 4.69) is 10.6 Å². The summed E-state index contributed by atoms with van der Waals surface area (Å²) in [5, 5.41) is 6.43. The van der Waals surface area contributed by atoms with E-state index in [4.69, 9.17) is 58.0 Å². The lowest BCUT2D eigenvalue weighted by Gasteiger charge is -2.15. The molecule has 0 saturated heterocycles. The molecule has 0 radical (unpaired) electrons. The normalized spacial score (nSPS) is 13.5. The minimum Gasteiger partial charge on any atom is -0.350 e. The number of halogens is 5. The monoisotopic (exact) mass is 553 g/mol. The van der Waals surface area contributed by atoms with E-state index in [1.807, 2.05) is 0 Å². The zero-order valence-electron chi connectivity index (χ0n) is 16.8. The molecule has 1 aliphatic heterocycles. The van der Waals surface area contributed by atoms with Crippen LogP contribution in [0.3, 0.4) is 0 Å². The summed E-state index contributed by atoms with van der Waals surface area (Å²) in [5.74, 6) is -1.74. The molecule has 2 N–H and O–H groups in total. The van der Waals surface area contributed by atoms with Gasteiger partial charge in [0.05, 0.1) is 25.8 Å². The van der Waals surface area contributed by atoms with E-state index < -0.39 is 11.8 Å². The average Bonchev–Trinajstić information content (AvgIpc) is 3.02. The number of amides is 3. The zero-order chi connectivity index (χ0) is 24.6. The number of hydrogen-bond acceptors (Lipinski definition) is 4. The van der Waals surface area contributed by atoms with Crippen LogP contribution in [0.5, 0.6) is 0 Å². The minimum atomic E-state index is -0.704. The van der Waals surface area contributed by atoms with Gasteiger partial charge < -0.3 is 10.6 Å². The number of nitrogens with one attached hydrogen (secondary N) is 2. The van der Waals surface area contributed by atoms with Gasteiger partial charge in [-0.05, 0) is 60.7 Å². The maximum atomic E-state index is 12.9. The third kappa shape index (κ3) is 4.87. The molecule has 0 atom stereocenters. The number of carbonyl (C=O) groups is 3. The molecular formula is C23H12Cl5N3O3. The molecule has 1 aliphatic rings. The summed E-state index contributed by atoms with van der Waals surface area (Å²) in [4.78, 5) is 38.9. The summed E-state index contributed by atoms with van der Waals surface area (Å²) in [6.45, 7) is 0. The molecule has 0 fully saturated rings. The van der Waals surface area contributed by atoms with Crippen molar-refractivity contribution in [3.05, 3.63) is 97.0 Å². The summed E-state index contributed by atoms with van der Waals surface area (Å²) >= 11 is 29.9. The Hall–Kier alpha value is -2.74. The van der Waals surface area contributed by atoms with Crippen LogP contribution in [-0.2, 0) is 9.59 Å². The second-order valence-corrected chi connectivity index (χ2v) is 9.03. The lowest BCUT2D eigenvalue weighted by atomic mass is 10.2. The van der Waals surface area contributed by atoms with Crippen LogP contribution < -0.4 is 15.5 Å². The standard InChI is InChI=1S/C23H12Cl5N3O3/c24-15-7-5-13(9-17(15)26)30-21(32)11-1-3-12(4-2-11)29-20-19(28)22(33)31(23(20)34)14-6-8-16(25)18(27)10-14/h1-10,29H,(H,30,32). The zero-order valence-corrected chi connectivity index (χ0v) is 20.6. The van der Waals surface area contributed by atoms with Gasteiger partial charge in [0.15, 0.2) is 0 Å². The van der Waals surface area contributed by atoms with Crippen molar-refractivity contribution in [3.8, 4) is 0 Å². The SMILES string of the molecule is O=C(Nc1ccc(Cl)c(Cl)c1)c1ccc(NC2=C(Cl)C(=O)N(c3ccc(Cl)c(Cl)c3)C2=O)cc1. The van der Waals surface area contributed by atoms with Crippen LogP contribution in [-0.4, -0.2) is 17.7 Å². The Morgan fingerprint density at radius 1 is 0.676 bits per heavy atom. The highest BCUT2D eigenvalue weighted by Crippen LogP contribution is 2.33. The second kappa shape index (κ2) is 9.86. The van der Waals surface area contributed by atoms with Crippen molar-refractivity contribution < 1.29 is 14.4 Å². The summed E-state index contributed by atoms with van der Waals surface area (Å²) in [5.41, 5.74) is 1.40. The molecule has 0 aromatic heterocycles. The fourth-order valence-electron chi connectivity index (χ4n) is 3.10. The van der Waals surface area contributed by atoms with Crippen molar-refractivity contribution in [1.29, 1.82) is 0 Å². The quantitative estimate of drug-likeness (QED) is 0.333. The van der Waals surface area contributed by atoms with Gasteiger partial charge in [-0.25, -0.2) is 4.90 Å². The van der Waals surface area contributed by atoms with Gasteiger partial charge >= 0.3 is 0 Å². The van der Waals surface area contributed by atoms with E-state index in [9.17, 15) is 14.4 Å². The molecule has 1 heterocycles. The van der Waals surface area contributed by atoms with E-state index in [0.717, 1.165) is 4.90 Å². The fourth-order valence-corrected chi connectivity index (χ4v) is 3.90. The summed E-state index contributed by atoms with van der Waals surface area (Å²) in [6.07, 6.45) is 0. The van der Waals surface area contributed by atoms with Crippen LogP contribution in [0.15, 0.2) is 71.4 Å². The van der Waals surface area contributed by atoms with Crippen molar-refractivity contribution in [1.82, 2.24) is 0 Å². The number of carbonyl (C=O) groups excluding carboxylic acids is 3. The molecule has 3 amide bonds. The van der Waals surface area contributed by atoms with Crippen LogP contribution in [0.2, 0.25) is 20.1 Å². The highest BCUT2D eigenvalue weighted by atomic mass is 35.5. The van der Waals surface area contributed by atoms with Crippen molar-refractivity contribution in [2.75, 3.05) is 15.5 Å². The van der Waals surface area contributed by atoms with E-state index in [-0.39, 0.29) is 32.4 Å². The van der Waals surface area contributed by atoms with Crippen LogP contribution in [0, 0.1) is 0 Å². The number of hydrogen-bond donors (Lipinski definition) is 2. The second-order valence-electron chi connectivity index (χ2n) is 7.02. The Bertz CT molecular complexity index is 1370. The maximum Gasteiger partial charge on any atom is 0.283 e. The Labute approximate surface area is 219 Å². The molecule has 6 nitrogen and oxygen atoms in total. The predicted molar refractivity (Wildman–Crippen MR) is 136 cm³/mol. The van der Waals surface area contributed by atoms with Crippen molar-refractivity contribution >= 4 is 92.8 Å². The number of benzene rings is 3. The molecule has 4 rings (SSSR count). The predicted octanol–water partition coefficient (Wildman–Crippen LogP) is 6.99. The number of anilines is 3. The summed E-state index contributed by atoms with van der Waals surface area (Å²) in [6, 6.07) is 15.3. The first-order chi connectivity index (χ1) is 16.2. The minimum absolute atomic E-state index is 0.106. The van der Waals surface area contributed by atoms with Gasteiger partial charge in [-0.15, -0.1) is 0 Å². The maximum absolute atomic E-state index is 12.9. The number of imide groups is 1. The molecule has 3 aromatic rings. The van der Waals surface area contributed by atoms with Gasteiger partial charge in [0.1, 0.15) is 10.7 Å². The van der Waals surface area contributed by atoms with Gasteiger partial charge in [-0.3, -0.25) is 14.4 Å². The van der Waals surface area contributed by atoms with Gasteiger partial charge in [0.2, 0.25) is 0 Å². The molecule has 0 aliphatic carbocycles. The lowest BCUT2D eigenvalue weighted by Crippen LogP contribution is -2.32. The highest BCUT2D eigenvalue weighted by Gasteiger charge is 2.39. The van der Waals surface area contributed by atoms with Gasteiger partial charge in [0, 0.05) is 16.9 Å².